The molecule has 0 amide bonds. The summed E-state index contributed by atoms with van der Waals surface area (Å²) in [7, 11) is 0. The van der Waals surface area contributed by atoms with Crippen LogP contribution in [-0.2, 0) is 4.74 Å². The van der Waals surface area contributed by atoms with Gasteiger partial charge in [0.05, 0.1) is 6.61 Å². The molecule has 0 bridgehead atoms. The van der Waals surface area contributed by atoms with Crippen molar-refractivity contribution in [3.63, 3.8) is 0 Å². The van der Waals surface area contributed by atoms with E-state index in [1.54, 1.807) is 31.2 Å². The first-order chi connectivity index (χ1) is 12.6. The molecule has 6 nitrogen and oxygen atoms in total. The lowest BCUT2D eigenvalue weighted by Gasteiger charge is -2.12. The number of hydrogen-bond donors (Lipinski definition) is 0. The molecule has 26 heavy (non-hydrogen) atoms. The number of ether oxygens (including phenoxy) is 2. The van der Waals surface area contributed by atoms with E-state index in [4.69, 9.17) is 13.9 Å². The summed E-state index contributed by atoms with van der Waals surface area (Å²) in [4.78, 5) is 12.4. The van der Waals surface area contributed by atoms with Gasteiger partial charge in [-0.05, 0) is 45.0 Å². The van der Waals surface area contributed by atoms with Gasteiger partial charge in [-0.25, -0.2) is 4.79 Å². The Kier molecular flexibility index (Phi) is 5.31. The molecule has 0 N–H and O–H groups in total. The number of esters is 1. The highest BCUT2D eigenvalue weighted by molar-refractivity contribution is 5.92. The zero-order valence-corrected chi connectivity index (χ0v) is 14.9. The van der Waals surface area contributed by atoms with Crippen molar-refractivity contribution in [2.24, 2.45) is 0 Å². The van der Waals surface area contributed by atoms with E-state index in [-0.39, 0.29) is 5.89 Å². The molecule has 1 heterocycles. The molecule has 0 spiro atoms. The molecule has 0 fully saturated rings. The van der Waals surface area contributed by atoms with Gasteiger partial charge in [0, 0.05) is 5.56 Å². The molecule has 1 aromatic heterocycles. The Morgan fingerprint density at radius 1 is 1.12 bits per heavy atom. The zero-order chi connectivity index (χ0) is 18.5. The third-order valence-corrected chi connectivity index (χ3v) is 3.78. The van der Waals surface area contributed by atoms with E-state index in [0.717, 1.165) is 11.1 Å². The van der Waals surface area contributed by atoms with Crippen LogP contribution in [0.15, 0.2) is 52.9 Å². The van der Waals surface area contributed by atoms with E-state index in [1.165, 1.54) is 0 Å². The van der Waals surface area contributed by atoms with Crippen LogP contribution >= 0.6 is 0 Å². The second-order valence-electron chi connectivity index (χ2n) is 5.79. The van der Waals surface area contributed by atoms with Gasteiger partial charge in [0.1, 0.15) is 11.3 Å². The van der Waals surface area contributed by atoms with Crippen molar-refractivity contribution in [3.05, 3.63) is 65.5 Å². The van der Waals surface area contributed by atoms with Gasteiger partial charge in [-0.1, -0.05) is 29.8 Å². The fraction of sp³-hybridized carbons (Fsp3) is 0.250. The van der Waals surface area contributed by atoms with Crippen molar-refractivity contribution in [1.82, 2.24) is 10.2 Å². The molecular formula is C20H20N2O4. The Labute approximate surface area is 151 Å². The predicted molar refractivity (Wildman–Crippen MR) is 95.9 cm³/mol. The van der Waals surface area contributed by atoms with Gasteiger partial charge in [-0.15, -0.1) is 10.2 Å². The van der Waals surface area contributed by atoms with Gasteiger partial charge in [-0.3, -0.25) is 0 Å². The van der Waals surface area contributed by atoms with Crippen molar-refractivity contribution < 1.29 is 18.7 Å². The lowest BCUT2D eigenvalue weighted by atomic mass is 10.1. The fourth-order valence-electron chi connectivity index (χ4n) is 2.40. The van der Waals surface area contributed by atoms with Crippen LogP contribution < -0.4 is 4.74 Å². The molecule has 6 heteroatoms. The van der Waals surface area contributed by atoms with Crippen LogP contribution in [0.3, 0.4) is 0 Å². The number of carbonyl (C=O) groups is 1. The van der Waals surface area contributed by atoms with Crippen LogP contribution in [-0.4, -0.2) is 22.8 Å². The largest absolute Gasteiger partial charge is 0.493 e. The van der Waals surface area contributed by atoms with Gasteiger partial charge in [0.25, 0.3) is 5.89 Å². The molecule has 1 atom stereocenters. The molecule has 3 rings (SSSR count). The summed E-state index contributed by atoms with van der Waals surface area (Å²) in [6.45, 7) is 6.01. The summed E-state index contributed by atoms with van der Waals surface area (Å²) in [6, 6.07) is 14.7. The van der Waals surface area contributed by atoms with Gasteiger partial charge >= 0.3 is 5.97 Å². The predicted octanol–water partition coefficient (Wildman–Crippen LogP) is 4.36. The molecule has 0 aliphatic carbocycles. The van der Waals surface area contributed by atoms with E-state index < -0.39 is 12.1 Å². The topological polar surface area (TPSA) is 74.5 Å². The van der Waals surface area contributed by atoms with E-state index in [1.807, 2.05) is 38.1 Å². The van der Waals surface area contributed by atoms with E-state index in [0.29, 0.717) is 23.8 Å². The molecule has 134 valence electrons. The summed E-state index contributed by atoms with van der Waals surface area (Å²) >= 11 is 0. The quantitative estimate of drug-likeness (QED) is 0.614. The van der Waals surface area contributed by atoms with E-state index in [2.05, 4.69) is 10.2 Å². The minimum Gasteiger partial charge on any atom is -0.493 e. The maximum absolute atomic E-state index is 12.4. The maximum atomic E-state index is 12.4. The Bertz CT molecular complexity index is 887. The van der Waals surface area contributed by atoms with Crippen molar-refractivity contribution in [3.8, 4) is 17.2 Å². The number of benzene rings is 2. The summed E-state index contributed by atoms with van der Waals surface area (Å²) < 4.78 is 16.6. The summed E-state index contributed by atoms with van der Waals surface area (Å²) in [5.74, 6) is 0.607. The van der Waals surface area contributed by atoms with Crippen molar-refractivity contribution >= 4 is 5.97 Å². The zero-order valence-electron chi connectivity index (χ0n) is 14.9. The van der Waals surface area contributed by atoms with Crippen molar-refractivity contribution in [2.75, 3.05) is 6.61 Å². The second-order valence-corrected chi connectivity index (χ2v) is 5.79. The molecule has 0 aliphatic rings. The number of aryl methyl sites for hydroxylation is 1. The van der Waals surface area contributed by atoms with Gasteiger partial charge in [-0.2, -0.15) is 0 Å². The lowest BCUT2D eigenvalue weighted by molar-refractivity contribution is 0.0276. The standard InChI is InChI=1S/C20H20N2O4/c1-4-24-17-8-6-5-7-16(17)20(23)25-14(3)18-21-22-19(26-18)15-11-9-13(2)10-12-15/h5-12,14H,4H2,1-3H3/t14-/m1/s1. The SMILES string of the molecule is CCOc1ccccc1C(=O)O[C@H](C)c1nnc(-c2ccc(C)cc2)o1. The Morgan fingerprint density at radius 2 is 1.85 bits per heavy atom. The maximum Gasteiger partial charge on any atom is 0.342 e. The van der Waals surface area contributed by atoms with Gasteiger partial charge in [0.15, 0.2) is 6.10 Å². The molecule has 0 aliphatic heterocycles. The van der Waals surface area contributed by atoms with Crippen molar-refractivity contribution in [1.29, 1.82) is 0 Å². The smallest absolute Gasteiger partial charge is 0.342 e. The Balaban J connectivity index is 1.73. The fourth-order valence-corrected chi connectivity index (χ4v) is 2.40. The highest BCUT2D eigenvalue weighted by Gasteiger charge is 2.22. The minimum atomic E-state index is -0.677. The van der Waals surface area contributed by atoms with Crippen LogP contribution in [0, 0.1) is 6.92 Å². The number of para-hydroxylation sites is 1. The molecule has 0 unspecified atom stereocenters. The molecule has 3 aromatic rings. The third-order valence-electron chi connectivity index (χ3n) is 3.78. The first-order valence-corrected chi connectivity index (χ1v) is 8.41. The molecule has 0 radical (unpaired) electrons. The number of nitrogens with zero attached hydrogens (tertiary/aromatic N) is 2. The Hall–Kier alpha value is -3.15. The number of hydrogen-bond acceptors (Lipinski definition) is 6. The molecule has 0 saturated heterocycles. The average Bonchev–Trinajstić information content (AvgIpc) is 3.13. The molecular weight excluding hydrogens is 332 g/mol. The highest BCUT2D eigenvalue weighted by Crippen LogP contribution is 2.25. The number of carbonyl (C=O) groups excluding carboxylic acids is 1. The van der Waals surface area contributed by atoms with Crippen LogP contribution in [0.4, 0.5) is 0 Å². The monoisotopic (exact) mass is 352 g/mol. The van der Waals surface area contributed by atoms with E-state index >= 15 is 0 Å². The third kappa shape index (κ3) is 3.91. The molecule has 2 aromatic carbocycles. The summed E-state index contributed by atoms with van der Waals surface area (Å²) in [5, 5.41) is 8.03. The van der Waals surface area contributed by atoms with Gasteiger partial charge in [0.2, 0.25) is 5.89 Å². The summed E-state index contributed by atoms with van der Waals surface area (Å²) in [6.07, 6.45) is -0.677. The molecule has 0 saturated carbocycles. The Morgan fingerprint density at radius 3 is 2.58 bits per heavy atom. The van der Waals surface area contributed by atoms with Crippen molar-refractivity contribution in [2.45, 2.75) is 26.9 Å². The summed E-state index contributed by atoms with van der Waals surface area (Å²) in [5.41, 5.74) is 2.32. The number of aromatic nitrogens is 2. The van der Waals surface area contributed by atoms with E-state index in [9.17, 15) is 4.79 Å². The first-order valence-electron chi connectivity index (χ1n) is 8.41. The van der Waals surface area contributed by atoms with Crippen LogP contribution in [0.2, 0.25) is 0 Å². The average molecular weight is 352 g/mol. The van der Waals surface area contributed by atoms with Crippen LogP contribution in [0.5, 0.6) is 5.75 Å². The van der Waals surface area contributed by atoms with Gasteiger partial charge < -0.3 is 13.9 Å². The lowest BCUT2D eigenvalue weighted by Crippen LogP contribution is -2.11. The minimum absolute atomic E-state index is 0.239. The highest BCUT2D eigenvalue weighted by atomic mass is 16.6. The van der Waals surface area contributed by atoms with Crippen LogP contribution in [0.1, 0.15) is 41.8 Å². The second kappa shape index (κ2) is 7.82. The number of rotatable bonds is 6. The van der Waals surface area contributed by atoms with Crippen LogP contribution in [0.25, 0.3) is 11.5 Å². The first kappa shape index (κ1) is 17.7. The normalized spacial score (nSPS) is 11.8.